The molecule has 3 unspecified atom stereocenters. The molecule has 0 bridgehead atoms. The lowest BCUT2D eigenvalue weighted by Crippen LogP contribution is -2.43. The quantitative estimate of drug-likeness (QED) is 0.850. The molecule has 1 amide bonds. The Balaban J connectivity index is 1.90. The molecule has 3 nitrogen and oxygen atoms in total. The van der Waals surface area contributed by atoms with E-state index in [2.05, 4.69) is 26.1 Å². The molecule has 0 saturated carbocycles. The Morgan fingerprint density at radius 2 is 1.95 bits per heavy atom. The zero-order valence-corrected chi connectivity index (χ0v) is 12.7. The predicted molar refractivity (Wildman–Crippen MR) is 76.8 cm³/mol. The van der Waals surface area contributed by atoms with Crippen molar-refractivity contribution >= 4 is 5.91 Å². The van der Waals surface area contributed by atoms with Crippen LogP contribution in [0.3, 0.4) is 0 Å². The maximum absolute atomic E-state index is 11.6. The smallest absolute Gasteiger partial charge is 0.220 e. The summed E-state index contributed by atoms with van der Waals surface area (Å²) >= 11 is 0. The molecule has 2 aliphatic heterocycles. The summed E-state index contributed by atoms with van der Waals surface area (Å²) in [5.74, 6) is 3.66. The first-order valence-electron chi connectivity index (χ1n) is 7.92. The van der Waals surface area contributed by atoms with Crippen molar-refractivity contribution in [2.45, 2.75) is 46.5 Å². The molecular weight excluding hydrogens is 238 g/mol. The van der Waals surface area contributed by atoms with Gasteiger partial charge in [0, 0.05) is 26.2 Å². The lowest BCUT2D eigenvalue weighted by Gasteiger charge is -2.38. The van der Waals surface area contributed by atoms with Crippen molar-refractivity contribution in [1.29, 1.82) is 0 Å². The van der Waals surface area contributed by atoms with Crippen LogP contribution in [-0.4, -0.2) is 25.7 Å². The molecule has 2 rings (SSSR count). The van der Waals surface area contributed by atoms with Crippen molar-refractivity contribution in [2.24, 2.45) is 29.6 Å². The third-order valence-electron chi connectivity index (χ3n) is 5.19. The number of hydrogen-bond acceptors (Lipinski definition) is 2. The molecule has 0 aromatic heterocycles. The highest BCUT2D eigenvalue weighted by Crippen LogP contribution is 2.35. The summed E-state index contributed by atoms with van der Waals surface area (Å²) in [6, 6.07) is 0. The molecule has 0 aromatic rings. The van der Waals surface area contributed by atoms with Crippen LogP contribution < -0.4 is 5.32 Å². The lowest BCUT2D eigenvalue weighted by atomic mass is 9.72. The molecule has 0 spiro atoms. The number of nitrogens with one attached hydrogen (secondary N) is 1. The van der Waals surface area contributed by atoms with Gasteiger partial charge >= 0.3 is 0 Å². The minimum absolute atomic E-state index is 0.244. The van der Waals surface area contributed by atoms with Gasteiger partial charge in [0.15, 0.2) is 0 Å². The van der Waals surface area contributed by atoms with Gasteiger partial charge in [0.1, 0.15) is 0 Å². The summed E-state index contributed by atoms with van der Waals surface area (Å²) in [5.41, 5.74) is 0. The predicted octanol–water partition coefficient (Wildman–Crippen LogP) is 2.85. The largest absolute Gasteiger partial charge is 0.381 e. The van der Waals surface area contributed by atoms with Crippen LogP contribution in [0.5, 0.6) is 0 Å². The number of carbonyl (C=O) groups excluding carboxylic acids is 1. The van der Waals surface area contributed by atoms with E-state index in [9.17, 15) is 4.79 Å². The zero-order valence-electron chi connectivity index (χ0n) is 12.7. The van der Waals surface area contributed by atoms with E-state index in [4.69, 9.17) is 4.74 Å². The van der Waals surface area contributed by atoms with Crippen LogP contribution in [0, 0.1) is 29.6 Å². The molecule has 0 aromatic carbocycles. The van der Waals surface area contributed by atoms with E-state index >= 15 is 0 Å². The second-order valence-corrected chi connectivity index (χ2v) is 6.84. The van der Waals surface area contributed by atoms with Crippen LogP contribution in [-0.2, 0) is 9.53 Å². The summed E-state index contributed by atoms with van der Waals surface area (Å²) in [5, 5.41) is 3.06. The van der Waals surface area contributed by atoms with Gasteiger partial charge in [0.2, 0.25) is 5.91 Å². The van der Waals surface area contributed by atoms with Crippen LogP contribution >= 0.6 is 0 Å². The molecule has 1 N–H and O–H groups in total. The van der Waals surface area contributed by atoms with Crippen LogP contribution in [0.2, 0.25) is 0 Å². The molecule has 3 heteroatoms. The maximum atomic E-state index is 11.6. The van der Waals surface area contributed by atoms with Crippen LogP contribution in [0.4, 0.5) is 0 Å². The molecule has 110 valence electrons. The lowest BCUT2D eigenvalue weighted by molar-refractivity contribution is -0.125. The highest BCUT2D eigenvalue weighted by Gasteiger charge is 2.33. The van der Waals surface area contributed by atoms with E-state index < -0.39 is 0 Å². The molecule has 2 fully saturated rings. The Kier molecular flexibility index (Phi) is 5.26. The minimum Gasteiger partial charge on any atom is -0.381 e. The van der Waals surface area contributed by atoms with Gasteiger partial charge in [-0.3, -0.25) is 4.79 Å². The van der Waals surface area contributed by atoms with E-state index in [1.165, 1.54) is 19.3 Å². The first-order chi connectivity index (χ1) is 9.08. The van der Waals surface area contributed by atoms with Crippen molar-refractivity contribution in [3.05, 3.63) is 0 Å². The Hall–Kier alpha value is -0.570. The number of carbonyl (C=O) groups is 1. The van der Waals surface area contributed by atoms with E-state index in [1.807, 2.05) is 0 Å². The minimum atomic E-state index is 0.244. The zero-order chi connectivity index (χ0) is 13.8. The Morgan fingerprint density at radius 3 is 2.58 bits per heavy atom. The fourth-order valence-electron chi connectivity index (χ4n) is 3.84. The number of hydrogen-bond donors (Lipinski definition) is 1. The summed E-state index contributed by atoms with van der Waals surface area (Å²) < 4.78 is 5.46. The van der Waals surface area contributed by atoms with E-state index in [1.54, 1.807) is 0 Å². The second-order valence-electron chi connectivity index (χ2n) is 6.84. The van der Waals surface area contributed by atoms with Gasteiger partial charge in [-0.15, -0.1) is 0 Å². The van der Waals surface area contributed by atoms with Gasteiger partial charge in [-0.25, -0.2) is 0 Å². The third-order valence-corrected chi connectivity index (χ3v) is 5.19. The standard InChI is InChI=1S/C16H29NO2/c1-11(2)15-9-16(18)17-10-14(15)8-12(3)13-4-6-19-7-5-13/h11-15H,4-10H2,1-3H3,(H,17,18). The van der Waals surface area contributed by atoms with Crippen molar-refractivity contribution in [3.63, 3.8) is 0 Å². The van der Waals surface area contributed by atoms with Gasteiger partial charge < -0.3 is 10.1 Å². The normalized spacial score (nSPS) is 31.3. The number of amides is 1. The highest BCUT2D eigenvalue weighted by atomic mass is 16.5. The van der Waals surface area contributed by atoms with Crippen LogP contribution in [0.1, 0.15) is 46.5 Å². The molecule has 19 heavy (non-hydrogen) atoms. The number of ether oxygens (including phenoxy) is 1. The molecule has 3 atom stereocenters. The fourth-order valence-corrected chi connectivity index (χ4v) is 3.84. The van der Waals surface area contributed by atoms with Gasteiger partial charge in [-0.1, -0.05) is 20.8 Å². The van der Waals surface area contributed by atoms with E-state index in [-0.39, 0.29) is 5.91 Å². The Morgan fingerprint density at radius 1 is 1.26 bits per heavy atom. The van der Waals surface area contributed by atoms with Crippen molar-refractivity contribution in [1.82, 2.24) is 5.32 Å². The van der Waals surface area contributed by atoms with Crippen molar-refractivity contribution in [2.75, 3.05) is 19.8 Å². The Bertz CT molecular complexity index is 297. The van der Waals surface area contributed by atoms with Gasteiger partial charge in [-0.05, 0) is 48.9 Å². The van der Waals surface area contributed by atoms with E-state index in [0.717, 1.165) is 38.0 Å². The molecule has 0 radical (unpaired) electrons. The average Bonchev–Trinajstić information content (AvgIpc) is 2.41. The van der Waals surface area contributed by atoms with Gasteiger partial charge in [0.05, 0.1) is 0 Å². The monoisotopic (exact) mass is 267 g/mol. The summed E-state index contributed by atoms with van der Waals surface area (Å²) in [6.07, 6.45) is 4.41. The van der Waals surface area contributed by atoms with Gasteiger partial charge in [0.25, 0.3) is 0 Å². The first kappa shape index (κ1) is 14.8. The fraction of sp³-hybridized carbons (Fsp3) is 0.938. The molecule has 2 aliphatic rings. The van der Waals surface area contributed by atoms with E-state index in [0.29, 0.717) is 17.8 Å². The second kappa shape index (κ2) is 6.74. The van der Waals surface area contributed by atoms with Crippen molar-refractivity contribution < 1.29 is 9.53 Å². The Labute approximate surface area is 117 Å². The molecule has 2 heterocycles. The molecule has 2 saturated heterocycles. The average molecular weight is 267 g/mol. The molecule has 0 aliphatic carbocycles. The SMILES string of the molecule is CC(C)C1CC(=O)NCC1CC(C)C1CCOCC1. The van der Waals surface area contributed by atoms with Gasteiger partial charge in [-0.2, -0.15) is 0 Å². The van der Waals surface area contributed by atoms with Crippen molar-refractivity contribution in [3.8, 4) is 0 Å². The maximum Gasteiger partial charge on any atom is 0.220 e. The highest BCUT2D eigenvalue weighted by molar-refractivity contribution is 5.77. The topological polar surface area (TPSA) is 38.3 Å². The third kappa shape index (κ3) is 3.95. The van der Waals surface area contributed by atoms with Crippen LogP contribution in [0.15, 0.2) is 0 Å². The first-order valence-corrected chi connectivity index (χ1v) is 7.92. The number of piperidine rings is 1. The number of rotatable bonds is 4. The molecular formula is C16H29NO2. The summed E-state index contributed by atoms with van der Waals surface area (Å²) in [4.78, 5) is 11.6. The van der Waals surface area contributed by atoms with Crippen LogP contribution in [0.25, 0.3) is 0 Å². The summed E-state index contributed by atoms with van der Waals surface area (Å²) in [7, 11) is 0. The summed E-state index contributed by atoms with van der Waals surface area (Å²) in [6.45, 7) is 9.66.